The average Bonchev–Trinajstić information content (AvgIpc) is 1.69. The first-order valence-corrected chi connectivity index (χ1v) is 2.04. The second kappa shape index (κ2) is 5.59. The Morgan fingerprint density at radius 2 is 2.43 bits per heavy atom. The molecule has 0 aliphatic heterocycles. The summed E-state index contributed by atoms with van der Waals surface area (Å²) >= 11 is 0. The second-order valence-corrected chi connectivity index (χ2v) is 1.05. The number of carbonyl (C=O) groups is 1. The van der Waals surface area contributed by atoms with Gasteiger partial charge >= 0.3 is 0 Å². The number of aldehydes is 1. The van der Waals surface area contributed by atoms with Gasteiger partial charge in [0.25, 0.3) is 0 Å². The highest BCUT2D eigenvalue weighted by Crippen LogP contribution is 1.75. The number of hydroxylamine groups is 1. The fraction of sp³-hybridized carbons (Fsp3) is 0.500. The first-order chi connectivity index (χ1) is 3.41. The molecule has 0 spiro atoms. The molecule has 0 aromatic rings. The lowest BCUT2D eigenvalue weighted by atomic mass is 10.3. The van der Waals surface area contributed by atoms with E-state index in [1.54, 1.807) is 6.42 Å². The monoisotopic (exact) mass is 102 g/mol. The minimum Gasteiger partial charge on any atom is -0.317 e. The summed E-state index contributed by atoms with van der Waals surface area (Å²) in [6.07, 6.45) is 2.80. The van der Waals surface area contributed by atoms with Crippen molar-refractivity contribution in [2.75, 3.05) is 6.54 Å². The Labute approximate surface area is 42.3 Å². The lowest BCUT2D eigenvalue weighted by Crippen LogP contribution is -2.08. The molecule has 0 aromatic heterocycles. The van der Waals surface area contributed by atoms with Crippen molar-refractivity contribution in [1.82, 2.24) is 5.48 Å². The van der Waals surface area contributed by atoms with Gasteiger partial charge in [-0.1, -0.05) is 0 Å². The fourth-order valence-electron chi connectivity index (χ4n) is 0.216. The van der Waals surface area contributed by atoms with Crippen molar-refractivity contribution in [2.45, 2.75) is 6.42 Å². The van der Waals surface area contributed by atoms with E-state index in [1.165, 1.54) is 0 Å². The molecule has 7 heavy (non-hydrogen) atoms. The van der Waals surface area contributed by atoms with E-state index in [4.69, 9.17) is 5.21 Å². The Kier molecular flexibility index (Phi) is 5.26. The summed E-state index contributed by atoms with van der Waals surface area (Å²) in [6.45, 7) is 0.374. The van der Waals surface area contributed by atoms with E-state index >= 15 is 0 Å². The first-order valence-electron chi connectivity index (χ1n) is 2.04. The second-order valence-electron chi connectivity index (χ2n) is 1.05. The number of hydrogen-bond acceptors (Lipinski definition) is 3. The molecule has 0 rings (SSSR count). The summed E-state index contributed by atoms with van der Waals surface area (Å²) in [4.78, 5) is 9.54. The highest BCUT2D eigenvalue weighted by Gasteiger charge is 1.80. The van der Waals surface area contributed by atoms with Gasteiger partial charge in [-0.3, -0.25) is 0 Å². The maximum atomic E-state index is 9.54. The minimum atomic E-state index is 0.374. The fourth-order valence-corrected chi connectivity index (χ4v) is 0.216. The van der Waals surface area contributed by atoms with Crippen LogP contribution in [0.3, 0.4) is 0 Å². The Morgan fingerprint density at radius 3 is 2.86 bits per heavy atom. The molecule has 0 saturated heterocycles. The normalized spacial score (nSPS) is 8.71. The van der Waals surface area contributed by atoms with Crippen molar-refractivity contribution in [3.05, 3.63) is 6.42 Å². The van der Waals surface area contributed by atoms with Gasteiger partial charge in [0.05, 0.1) is 0 Å². The first kappa shape index (κ1) is 6.59. The Balaban J connectivity index is 2.56. The van der Waals surface area contributed by atoms with Gasteiger partial charge in [-0.05, 0) is 6.42 Å². The number of hydrogen-bond donors (Lipinski definition) is 2. The third-order valence-electron chi connectivity index (χ3n) is 0.499. The van der Waals surface area contributed by atoms with E-state index in [2.05, 4.69) is 0 Å². The molecule has 3 heteroatoms. The van der Waals surface area contributed by atoms with E-state index in [9.17, 15) is 4.79 Å². The van der Waals surface area contributed by atoms with Crippen molar-refractivity contribution in [3.63, 3.8) is 0 Å². The van der Waals surface area contributed by atoms with Crippen molar-refractivity contribution >= 4 is 6.29 Å². The molecule has 0 aromatic carbocycles. The molecule has 0 atom stereocenters. The van der Waals surface area contributed by atoms with Crippen molar-refractivity contribution < 1.29 is 10.0 Å². The molecule has 0 bridgehead atoms. The highest BCUT2D eigenvalue weighted by molar-refractivity contribution is 5.51. The maximum Gasteiger partial charge on any atom is 0.120 e. The van der Waals surface area contributed by atoms with Crippen LogP contribution in [0, 0.1) is 6.42 Å². The van der Waals surface area contributed by atoms with Crippen LogP contribution in [0.15, 0.2) is 0 Å². The molecule has 0 saturated carbocycles. The van der Waals surface area contributed by atoms with Crippen molar-refractivity contribution in [2.24, 2.45) is 0 Å². The number of unbranched alkanes of at least 4 members (excludes halogenated alkanes) is 1. The van der Waals surface area contributed by atoms with Gasteiger partial charge < -0.3 is 10.0 Å². The molecule has 0 aliphatic rings. The van der Waals surface area contributed by atoms with Crippen LogP contribution in [-0.4, -0.2) is 18.0 Å². The van der Waals surface area contributed by atoms with Crippen molar-refractivity contribution in [3.8, 4) is 0 Å². The van der Waals surface area contributed by atoms with Gasteiger partial charge in [0.15, 0.2) is 0 Å². The van der Waals surface area contributed by atoms with Gasteiger partial charge in [-0.25, -0.2) is 5.48 Å². The quantitative estimate of drug-likeness (QED) is 0.292. The smallest absolute Gasteiger partial charge is 0.120 e. The van der Waals surface area contributed by atoms with Crippen molar-refractivity contribution in [1.29, 1.82) is 0 Å². The lowest BCUT2D eigenvalue weighted by molar-refractivity contribution is -0.107. The third-order valence-corrected chi connectivity index (χ3v) is 0.499. The number of nitrogens with one attached hydrogen (secondary N) is 1. The van der Waals surface area contributed by atoms with Crippen LogP contribution in [-0.2, 0) is 4.79 Å². The van der Waals surface area contributed by atoms with E-state index in [1.807, 2.05) is 5.48 Å². The van der Waals surface area contributed by atoms with Gasteiger partial charge in [-0.2, -0.15) is 0 Å². The van der Waals surface area contributed by atoms with Crippen LogP contribution in [0.5, 0.6) is 0 Å². The number of rotatable bonds is 4. The summed E-state index contributed by atoms with van der Waals surface area (Å²) in [7, 11) is 0. The molecule has 0 unspecified atom stereocenters. The molecule has 1 radical (unpaired) electrons. The summed E-state index contributed by atoms with van der Waals surface area (Å²) < 4.78 is 0. The lowest BCUT2D eigenvalue weighted by Gasteiger charge is -1.87. The zero-order chi connectivity index (χ0) is 5.54. The van der Waals surface area contributed by atoms with Gasteiger partial charge in [0.2, 0.25) is 0 Å². The molecule has 0 fully saturated rings. The zero-order valence-electron chi connectivity index (χ0n) is 3.92. The van der Waals surface area contributed by atoms with Crippen LogP contribution in [0.25, 0.3) is 0 Å². The van der Waals surface area contributed by atoms with E-state index in [-0.39, 0.29) is 0 Å². The summed E-state index contributed by atoms with van der Waals surface area (Å²) in [5, 5.41) is 7.90. The van der Waals surface area contributed by atoms with Crippen LogP contribution >= 0.6 is 0 Å². The molecular formula is C4H8NO2. The van der Waals surface area contributed by atoms with Crippen LogP contribution in [0.4, 0.5) is 0 Å². The molecular weight excluding hydrogens is 94.0 g/mol. The van der Waals surface area contributed by atoms with Gasteiger partial charge in [0.1, 0.15) is 6.29 Å². The summed E-state index contributed by atoms with van der Waals surface area (Å²) in [5.41, 5.74) is 1.89. The topological polar surface area (TPSA) is 49.3 Å². The largest absolute Gasteiger partial charge is 0.317 e. The van der Waals surface area contributed by atoms with Crippen LogP contribution in [0.2, 0.25) is 0 Å². The van der Waals surface area contributed by atoms with E-state index in [0.29, 0.717) is 13.0 Å². The molecule has 0 amide bonds. The van der Waals surface area contributed by atoms with E-state index < -0.39 is 0 Å². The number of carbonyl (C=O) groups excluding carboxylic acids is 1. The van der Waals surface area contributed by atoms with Crippen LogP contribution in [0.1, 0.15) is 6.42 Å². The summed E-state index contributed by atoms with van der Waals surface area (Å²) in [6, 6.07) is 0. The van der Waals surface area contributed by atoms with Gasteiger partial charge in [0, 0.05) is 13.0 Å². The third kappa shape index (κ3) is 5.59. The predicted octanol–water partition coefficient (Wildman–Crippen LogP) is -0.242. The standard InChI is InChI=1S/C4H8NO2/c6-4-2-1-3-5-7/h1,4-5,7H,2-3H2. The predicted molar refractivity (Wildman–Crippen MR) is 24.8 cm³/mol. The Morgan fingerprint density at radius 1 is 1.71 bits per heavy atom. The van der Waals surface area contributed by atoms with Gasteiger partial charge in [-0.15, -0.1) is 0 Å². The SMILES string of the molecule is O=CC[CH]CNO. The minimum absolute atomic E-state index is 0.374. The molecule has 0 aliphatic carbocycles. The van der Waals surface area contributed by atoms with E-state index in [0.717, 1.165) is 6.29 Å². The Hall–Kier alpha value is -0.410. The highest BCUT2D eigenvalue weighted by atomic mass is 16.5. The Bertz CT molecular complexity index is 47.0. The molecule has 2 N–H and O–H groups in total. The summed E-state index contributed by atoms with van der Waals surface area (Å²) in [5.74, 6) is 0. The maximum absolute atomic E-state index is 9.54. The average molecular weight is 102 g/mol. The molecule has 41 valence electrons. The molecule has 3 nitrogen and oxygen atoms in total. The molecule has 0 heterocycles. The zero-order valence-corrected chi connectivity index (χ0v) is 3.92. The van der Waals surface area contributed by atoms with Crippen LogP contribution < -0.4 is 5.48 Å².